The summed E-state index contributed by atoms with van der Waals surface area (Å²) >= 11 is 0. The van der Waals surface area contributed by atoms with Crippen LogP contribution in [0.2, 0.25) is 0 Å². The fourth-order valence-corrected chi connectivity index (χ4v) is 5.10. The van der Waals surface area contributed by atoms with Gasteiger partial charge in [-0.25, -0.2) is 9.97 Å². The van der Waals surface area contributed by atoms with Crippen LogP contribution in [0, 0.1) is 0 Å². The van der Waals surface area contributed by atoms with Crippen LogP contribution in [0.4, 0.5) is 0 Å². The minimum absolute atomic E-state index is 0.460. The molecule has 0 spiro atoms. The quantitative estimate of drug-likeness (QED) is 0.248. The SMILES string of the molecule is O=Cc1c2nc(c(-c3ccccc3)c3ccc(cc4ccc([nH]4)c(-c4ccccc4)c4nc1C=C4)[nH]3)C=C2. The van der Waals surface area contributed by atoms with Gasteiger partial charge in [-0.3, -0.25) is 4.79 Å². The molecule has 2 N–H and O–H groups in total. The van der Waals surface area contributed by atoms with Gasteiger partial charge in [0.1, 0.15) is 0 Å². The van der Waals surface area contributed by atoms with E-state index in [2.05, 4.69) is 64.6 Å². The van der Waals surface area contributed by atoms with Crippen LogP contribution in [0.3, 0.4) is 0 Å². The molecule has 5 aromatic rings. The van der Waals surface area contributed by atoms with E-state index in [1.54, 1.807) is 0 Å². The Bertz CT molecular complexity index is 1790. The highest BCUT2D eigenvalue weighted by Gasteiger charge is 2.16. The summed E-state index contributed by atoms with van der Waals surface area (Å²) in [6, 6.07) is 30.7. The molecule has 5 heteroatoms. The van der Waals surface area contributed by atoms with Crippen LogP contribution >= 0.6 is 0 Å². The third kappa shape index (κ3) is 3.78. The Kier molecular flexibility index (Phi) is 5.19. The molecule has 0 atom stereocenters. The van der Waals surface area contributed by atoms with Crippen molar-refractivity contribution in [2.75, 3.05) is 0 Å². The molecule has 0 saturated heterocycles. The Morgan fingerprint density at radius 1 is 0.526 bits per heavy atom. The van der Waals surface area contributed by atoms with Gasteiger partial charge in [0.15, 0.2) is 6.29 Å². The number of hydrogen-bond acceptors (Lipinski definition) is 3. The van der Waals surface area contributed by atoms with E-state index in [0.717, 1.165) is 62.0 Å². The minimum Gasteiger partial charge on any atom is -0.355 e. The molecule has 8 bridgehead atoms. The maximum atomic E-state index is 12.4. The number of carbonyl (C=O) groups excluding carboxylic acids is 1. The molecular formula is C33H22N4O. The Hall–Kier alpha value is -5.29. The fourth-order valence-electron chi connectivity index (χ4n) is 5.10. The van der Waals surface area contributed by atoms with Gasteiger partial charge in [-0.05, 0) is 65.8 Å². The van der Waals surface area contributed by atoms with Crippen molar-refractivity contribution in [1.29, 1.82) is 0 Å². The van der Waals surface area contributed by atoms with Crippen LogP contribution in [0.25, 0.3) is 68.6 Å². The summed E-state index contributed by atoms with van der Waals surface area (Å²) in [5.41, 5.74) is 11.1. The van der Waals surface area contributed by atoms with Gasteiger partial charge in [0, 0.05) is 33.2 Å². The molecule has 0 unspecified atom stereocenters. The Labute approximate surface area is 218 Å². The number of benzene rings is 2. The third-order valence-corrected chi connectivity index (χ3v) is 6.85. The van der Waals surface area contributed by atoms with Crippen LogP contribution in [0.5, 0.6) is 0 Å². The second-order valence-corrected chi connectivity index (χ2v) is 9.24. The minimum atomic E-state index is 0.460. The van der Waals surface area contributed by atoms with E-state index in [1.807, 2.05) is 60.7 Å². The predicted octanol–water partition coefficient (Wildman–Crippen LogP) is 7.80. The first-order valence-electron chi connectivity index (χ1n) is 12.5. The van der Waals surface area contributed by atoms with Gasteiger partial charge in [0.25, 0.3) is 0 Å². The van der Waals surface area contributed by atoms with Crippen molar-refractivity contribution in [2.45, 2.75) is 0 Å². The van der Waals surface area contributed by atoms with Gasteiger partial charge >= 0.3 is 0 Å². The number of nitrogens with zero attached hydrogens (tertiary/aromatic N) is 2. The number of H-pyrrole nitrogens is 2. The largest absolute Gasteiger partial charge is 0.355 e. The van der Waals surface area contributed by atoms with Crippen molar-refractivity contribution in [3.63, 3.8) is 0 Å². The Morgan fingerprint density at radius 2 is 0.974 bits per heavy atom. The van der Waals surface area contributed by atoms with E-state index >= 15 is 0 Å². The van der Waals surface area contributed by atoms with E-state index in [-0.39, 0.29) is 0 Å². The number of aromatic nitrogens is 4. The molecule has 180 valence electrons. The molecule has 2 aliphatic rings. The molecule has 0 aliphatic carbocycles. The molecule has 5 nitrogen and oxygen atoms in total. The monoisotopic (exact) mass is 490 g/mol. The summed E-state index contributed by atoms with van der Waals surface area (Å²) in [5, 5.41) is 0. The molecule has 7 rings (SSSR count). The smallest absolute Gasteiger partial charge is 0.154 e. The topological polar surface area (TPSA) is 74.4 Å². The van der Waals surface area contributed by atoms with Gasteiger partial charge < -0.3 is 9.97 Å². The predicted molar refractivity (Wildman–Crippen MR) is 155 cm³/mol. The van der Waals surface area contributed by atoms with Crippen LogP contribution in [-0.4, -0.2) is 26.2 Å². The number of hydrogen-bond donors (Lipinski definition) is 2. The van der Waals surface area contributed by atoms with E-state index < -0.39 is 0 Å². The summed E-state index contributed by atoms with van der Waals surface area (Å²) < 4.78 is 0. The molecule has 2 aromatic carbocycles. The number of aromatic amines is 2. The number of fused-ring (bicyclic) bond motifs is 8. The molecule has 38 heavy (non-hydrogen) atoms. The average Bonchev–Trinajstić information content (AvgIpc) is 3.77. The van der Waals surface area contributed by atoms with E-state index in [1.165, 1.54) is 0 Å². The summed E-state index contributed by atoms with van der Waals surface area (Å²) in [6.45, 7) is 0. The van der Waals surface area contributed by atoms with Crippen molar-refractivity contribution in [3.05, 3.63) is 119 Å². The molecule has 3 aromatic heterocycles. The van der Waals surface area contributed by atoms with E-state index in [4.69, 9.17) is 9.97 Å². The summed E-state index contributed by atoms with van der Waals surface area (Å²) in [4.78, 5) is 29.3. The number of nitrogens with one attached hydrogen (secondary N) is 2. The average molecular weight is 491 g/mol. The highest BCUT2D eigenvalue weighted by molar-refractivity contribution is 5.97. The molecule has 0 amide bonds. The molecule has 0 saturated carbocycles. The van der Waals surface area contributed by atoms with E-state index in [0.29, 0.717) is 17.0 Å². The lowest BCUT2D eigenvalue weighted by Gasteiger charge is -2.04. The van der Waals surface area contributed by atoms with Crippen LogP contribution in [0.1, 0.15) is 33.1 Å². The Balaban J connectivity index is 1.63. The highest BCUT2D eigenvalue weighted by Crippen LogP contribution is 2.33. The van der Waals surface area contributed by atoms with Gasteiger partial charge in [-0.15, -0.1) is 0 Å². The second kappa shape index (κ2) is 8.98. The zero-order chi connectivity index (χ0) is 25.5. The lowest BCUT2D eigenvalue weighted by molar-refractivity contribution is 0.112. The molecule has 5 heterocycles. The molecule has 0 fully saturated rings. The first kappa shape index (κ1) is 21.9. The lowest BCUT2D eigenvalue weighted by Crippen LogP contribution is -1.92. The lowest BCUT2D eigenvalue weighted by atomic mass is 10.0. The number of carbonyl (C=O) groups is 1. The van der Waals surface area contributed by atoms with Crippen molar-refractivity contribution < 1.29 is 4.79 Å². The van der Waals surface area contributed by atoms with Crippen molar-refractivity contribution >= 4 is 52.7 Å². The zero-order valence-corrected chi connectivity index (χ0v) is 20.3. The summed E-state index contributed by atoms with van der Waals surface area (Å²) in [5.74, 6) is 0. The molecule has 2 aliphatic heterocycles. The number of rotatable bonds is 3. The van der Waals surface area contributed by atoms with Gasteiger partial charge in [-0.1, -0.05) is 60.7 Å². The zero-order valence-electron chi connectivity index (χ0n) is 20.3. The third-order valence-electron chi connectivity index (χ3n) is 6.85. The molecule has 0 radical (unpaired) electrons. The second-order valence-electron chi connectivity index (χ2n) is 9.24. The summed E-state index contributed by atoms with van der Waals surface area (Å²) in [7, 11) is 0. The van der Waals surface area contributed by atoms with Crippen LogP contribution in [0.15, 0.2) is 91.0 Å². The Morgan fingerprint density at radius 3 is 1.42 bits per heavy atom. The van der Waals surface area contributed by atoms with E-state index in [9.17, 15) is 4.79 Å². The first-order chi connectivity index (χ1) is 18.8. The highest BCUT2D eigenvalue weighted by atomic mass is 16.1. The maximum absolute atomic E-state index is 12.4. The standard InChI is InChI=1S/C33H22N4O/c38-20-25-26-15-17-30(36-26)32(21-7-3-1-4-8-21)28-13-11-23(34-28)19-24-12-14-29(35-24)33(22-9-5-2-6-10-22)31-18-16-27(25)37-31/h1-20,34-35H. The van der Waals surface area contributed by atoms with Gasteiger partial charge in [0.05, 0.1) is 28.3 Å². The number of aldehydes is 1. The van der Waals surface area contributed by atoms with Crippen LogP contribution < -0.4 is 0 Å². The normalized spacial score (nSPS) is 12.1. The molecular weight excluding hydrogens is 468 g/mol. The first-order valence-corrected chi connectivity index (χ1v) is 12.5. The van der Waals surface area contributed by atoms with Crippen LogP contribution in [-0.2, 0) is 0 Å². The van der Waals surface area contributed by atoms with Crippen molar-refractivity contribution in [1.82, 2.24) is 19.9 Å². The summed E-state index contributed by atoms with van der Waals surface area (Å²) in [6.07, 6.45) is 8.56. The fraction of sp³-hybridized carbons (Fsp3) is 0. The van der Waals surface area contributed by atoms with Crippen molar-refractivity contribution in [3.8, 4) is 22.3 Å². The van der Waals surface area contributed by atoms with Crippen molar-refractivity contribution in [2.24, 2.45) is 0 Å². The van der Waals surface area contributed by atoms with Gasteiger partial charge in [0.2, 0.25) is 0 Å². The maximum Gasteiger partial charge on any atom is 0.154 e. The van der Waals surface area contributed by atoms with Gasteiger partial charge in [-0.2, -0.15) is 0 Å².